The summed E-state index contributed by atoms with van der Waals surface area (Å²) in [6, 6.07) is 6.80. The summed E-state index contributed by atoms with van der Waals surface area (Å²) in [5.74, 6) is 0.940. The molecule has 2 rings (SSSR count). The first-order valence-electron chi connectivity index (χ1n) is 5.28. The summed E-state index contributed by atoms with van der Waals surface area (Å²) in [5, 5.41) is 3.45. The minimum absolute atomic E-state index is 0.574. The summed E-state index contributed by atoms with van der Waals surface area (Å²) in [7, 11) is 5.95. The molecule has 0 aromatic heterocycles. The maximum atomic E-state index is 5.23. The van der Waals surface area contributed by atoms with E-state index in [1.807, 2.05) is 6.07 Å². The van der Waals surface area contributed by atoms with Crippen LogP contribution in [-0.2, 0) is 6.42 Å². The Hall–Kier alpha value is -1.22. The van der Waals surface area contributed by atoms with Gasteiger partial charge in [0.2, 0.25) is 0 Å². The highest BCUT2D eigenvalue weighted by Crippen LogP contribution is 2.27. The van der Waals surface area contributed by atoms with E-state index in [4.69, 9.17) is 4.74 Å². The van der Waals surface area contributed by atoms with E-state index in [1.54, 1.807) is 7.11 Å². The molecule has 1 aliphatic rings. The number of benzene rings is 1. The topological polar surface area (TPSA) is 24.5 Å². The van der Waals surface area contributed by atoms with Gasteiger partial charge in [0.05, 0.1) is 7.11 Å². The molecule has 0 spiro atoms. The number of rotatable bonds is 2. The zero-order chi connectivity index (χ0) is 10.8. The van der Waals surface area contributed by atoms with Crippen LogP contribution in [0.25, 0.3) is 0 Å². The third kappa shape index (κ3) is 2.07. The van der Waals surface area contributed by atoms with Crippen molar-refractivity contribution in [2.45, 2.75) is 12.5 Å². The monoisotopic (exact) mass is 206 g/mol. The number of hydrogen-bond donors (Lipinski definition) is 1. The highest BCUT2D eigenvalue weighted by Gasteiger charge is 2.19. The van der Waals surface area contributed by atoms with Gasteiger partial charge in [-0.25, -0.2) is 0 Å². The van der Waals surface area contributed by atoms with Gasteiger partial charge in [0.15, 0.2) is 0 Å². The van der Waals surface area contributed by atoms with E-state index in [-0.39, 0.29) is 0 Å². The zero-order valence-electron chi connectivity index (χ0n) is 9.58. The number of anilines is 1. The molecule has 1 atom stereocenters. The Morgan fingerprint density at radius 1 is 1.40 bits per heavy atom. The van der Waals surface area contributed by atoms with Gasteiger partial charge in [0.25, 0.3) is 0 Å². The van der Waals surface area contributed by atoms with Crippen LogP contribution in [0, 0.1) is 0 Å². The van der Waals surface area contributed by atoms with Gasteiger partial charge in [0.1, 0.15) is 5.75 Å². The van der Waals surface area contributed by atoms with Crippen molar-refractivity contribution in [1.82, 2.24) is 4.90 Å². The highest BCUT2D eigenvalue weighted by molar-refractivity contribution is 5.56. The van der Waals surface area contributed by atoms with Crippen molar-refractivity contribution in [2.24, 2.45) is 0 Å². The summed E-state index contributed by atoms with van der Waals surface area (Å²) >= 11 is 0. The lowest BCUT2D eigenvalue weighted by Gasteiger charge is -2.31. The predicted octanol–water partition coefficient (Wildman–Crippen LogP) is 1.59. The van der Waals surface area contributed by atoms with Crippen LogP contribution in [0.15, 0.2) is 18.2 Å². The molecule has 0 fully saturated rings. The number of hydrogen-bond acceptors (Lipinski definition) is 3. The van der Waals surface area contributed by atoms with E-state index in [1.165, 1.54) is 11.3 Å². The van der Waals surface area contributed by atoms with Crippen molar-refractivity contribution in [3.63, 3.8) is 0 Å². The summed E-state index contributed by atoms with van der Waals surface area (Å²) in [6.45, 7) is 1.02. The third-order valence-corrected chi connectivity index (χ3v) is 3.03. The second-order valence-corrected chi connectivity index (χ2v) is 4.23. The van der Waals surface area contributed by atoms with Crippen molar-refractivity contribution in [3.8, 4) is 5.75 Å². The molecular weight excluding hydrogens is 188 g/mol. The van der Waals surface area contributed by atoms with Gasteiger partial charge in [0, 0.05) is 18.3 Å². The lowest BCUT2D eigenvalue weighted by Crippen LogP contribution is -2.39. The number of nitrogens with zero attached hydrogens (tertiary/aromatic N) is 1. The Kier molecular flexibility index (Phi) is 2.82. The van der Waals surface area contributed by atoms with Gasteiger partial charge < -0.3 is 15.0 Å². The second-order valence-electron chi connectivity index (χ2n) is 4.23. The average Bonchev–Trinajstić information content (AvgIpc) is 2.27. The minimum Gasteiger partial charge on any atom is -0.497 e. The molecule has 1 unspecified atom stereocenters. The number of methoxy groups -OCH3 is 1. The maximum Gasteiger partial charge on any atom is 0.119 e. The van der Waals surface area contributed by atoms with Gasteiger partial charge in [-0.2, -0.15) is 0 Å². The molecule has 3 heteroatoms. The van der Waals surface area contributed by atoms with E-state index in [9.17, 15) is 0 Å². The molecule has 15 heavy (non-hydrogen) atoms. The van der Waals surface area contributed by atoms with Crippen LogP contribution in [0.4, 0.5) is 5.69 Å². The fourth-order valence-corrected chi connectivity index (χ4v) is 1.96. The highest BCUT2D eigenvalue weighted by atomic mass is 16.5. The van der Waals surface area contributed by atoms with Gasteiger partial charge in [-0.1, -0.05) is 0 Å². The molecule has 0 aliphatic carbocycles. The summed E-state index contributed by atoms with van der Waals surface area (Å²) in [5.41, 5.74) is 2.59. The van der Waals surface area contributed by atoms with E-state index < -0.39 is 0 Å². The number of fused-ring (bicyclic) bond motifs is 1. The molecule has 0 bridgehead atoms. The fourth-order valence-electron chi connectivity index (χ4n) is 1.96. The molecular formula is C12H18N2O. The smallest absolute Gasteiger partial charge is 0.119 e. The van der Waals surface area contributed by atoms with Crippen LogP contribution in [0.2, 0.25) is 0 Å². The Labute approximate surface area is 91.0 Å². The number of likely N-dealkylation sites (N-methyl/N-ethyl adjacent to an activating group) is 1. The third-order valence-electron chi connectivity index (χ3n) is 3.03. The molecule has 1 aromatic rings. The lowest BCUT2D eigenvalue weighted by atomic mass is 9.99. The molecule has 3 nitrogen and oxygen atoms in total. The quantitative estimate of drug-likeness (QED) is 0.795. The summed E-state index contributed by atoms with van der Waals surface area (Å²) in [6.07, 6.45) is 1.09. The Bertz CT molecular complexity index is 349. The van der Waals surface area contributed by atoms with Crippen molar-refractivity contribution in [2.75, 3.05) is 33.1 Å². The molecule has 1 heterocycles. The van der Waals surface area contributed by atoms with Crippen molar-refractivity contribution >= 4 is 5.69 Å². The van der Waals surface area contributed by atoms with Crippen molar-refractivity contribution in [1.29, 1.82) is 0 Å². The van der Waals surface area contributed by atoms with E-state index >= 15 is 0 Å². The first kappa shape index (κ1) is 10.3. The van der Waals surface area contributed by atoms with Gasteiger partial charge >= 0.3 is 0 Å². The van der Waals surface area contributed by atoms with Crippen molar-refractivity contribution < 1.29 is 4.74 Å². The van der Waals surface area contributed by atoms with Gasteiger partial charge in [-0.15, -0.1) is 0 Å². The van der Waals surface area contributed by atoms with Crippen LogP contribution in [0.1, 0.15) is 5.56 Å². The summed E-state index contributed by atoms with van der Waals surface area (Å²) in [4.78, 5) is 2.26. The van der Waals surface area contributed by atoms with Crippen LogP contribution in [0.3, 0.4) is 0 Å². The van der Waals surface area contributed by atoms with Gasteiger partial charge in [-0.05, 0) is 44.3 Å². The van der Waals surface area contributed by atoms with Gasteiger partial charge in [-0.3, -0.25) is 0 Å². The van der Waals surface area contributed by atoms with Crippen LogP contribution >= 0.6 is 0 Å². The number of nitrogens with one attached hydrogen (secondary N) is 1. The Morgan fingerprint density at radius 2 is 2.20 bits per heavy atom. The lowest BCUT2D eigenvalue weighted by molar-refractivity contribution is 0.298. The average molecular weight is 206 g/mol. The van der Waals surface area contributed by atoms with E-state index in [0.29, 0.717) is 6.04 Å². The largest absolute Gasteiger partial charge is 0.497 e. The zero-order valence-corrected chi connectivity index (χ0v) is 9.58. The molecule has 0 saturated carbocycles. The van der Waals surface area contributed by atoms with Crippen LogP contribution in [0.5, 0.6) is 5.75 Å². The minimum atomic E-state index is 0.574. The Morgan fingerprint density at radius 3 is 2.87 bits per heavy atom. The molecule has 0 amide bonds. The maximum absolute atomic E-state index is 5.23. The first-order valence-corrected chi connectivity index (χ1v) is 5.28. The normalized spacial score (nSPS) is 19.6. The molecule has 1 aromatic carbocycles. The standard InChI is InChI=1S/C12H18N2O/c1-14(2)10-6-9-7-11(15-3)4-5-12(9)13-8-10/h4-5,7,10,13H,6,8H2,1-3H3. The Balaban J connectivity index is 2.23. The summed E-state index contributed by atoms with van der Waals surface area (Å²) < 4.78 is 5.23. The predicted molar refractivity (Wildman–Crippen MR) is 62.7 cm³/mol. The molecule has 1 N–H and O–H groups in total. The SMILES string of the molecule is COc1ccc2c(c1)CC(N(C)C)CN2. The van der Waals surface area contributed by atoms with E-state index in [2.05, 4.69) is 36.4 Å². The fraction of sp³-hybridized carbons (Fsp3) is 0.500. The molecule has 0 radical (unpaired) electrons. The molecule has 0 saturated heterocycles. The first-order chi connectivity index (χ1) is 7.20. The number of ether oxygens (including phenoxy) is 1. The van der Waals surface area contributed by atoms with Crippen LogP contribution in [-0.4, -0.2) is 38.7 Å². The van der Waals surface area contributed by atoms with E-state index in [0.717, 1.165) is 18.7 Å². The molecule has 82 valence electrons. The van der Waals surface area contributed by atoms with Crippen molar-refractivity contribution in [3.05, 3.63) is 23.8 Å². The second kappa shape index (κ2) is 4.11. The van der Waals surface area contributed by atoms with Crippen LogP contribution < -0.4 is 10.1 Å². The molecule has 1 aliphatic heterocycles.